The number of rotatable bonds is 5. The molecule has 0 spiro atoms. The number of nitrogens with zero attached hydrogens (tertiary/aromatic N) is 3. The molecule has 2 heterocycles. The van der Waals surface area contributed by atoms with Gasteiger partial charge < -0.3 is 9.08 Å². The fourth-order valence-corrected chi connectivity index (χ4v) is 5.51. The second-order valence-corrected chi connectivity index (χ2v) is 10.6. The molecule has 1 aliphatic heterocycles. The van der Waals surface area contributed by atoms with Crippen LogP contribution in [0.25, 0.3) is 0 Å². The Morgan fingerprint density at radius 2 is 1.88 bits per heavy atom. The maximum absolute atomic E-state index is 13.1. The van der Waals surface area contributed by atoms with Crippen molar-refractivity contribution in [1.82, 2.24) is 14.7 Å². The molecule has 180 valence electrons. The Morgan fingerprint density at radius 1 is 1.21 bits per heavy atom. The lowest BCUT2D eigenvalue weighted by Gasteiger charge is -2.31. The number of fused-ring (bicyclic) bond motifs is 1. The van der Waals surface area contributed by atoms with Crippen molar-refractivity contribution in [3.63, 3.8) is 0 Å². The number of aryl methyl sites for hydroxylation is 2. The smallest absolute Gasteiger partial charge is 0.376 e. The SMILES string of the molecule is Cn1cc2c(n1)CCC(N1CC[C@@H](Cc3c(Cl)cc(OS(=O)(=O)C(F)(F)F)cc3Cl)C1=O)C2. The molecule has 1 aliphatic carbocycles. The zero-order valence-electron chi connectivity index (χ0n) is 17.4. The summed E-state index contributed by atoms with van der Waals surface area (Å²) in [6.45, 7) is 0.587. The van der Waals surface area contributed by atoms with Gasteiger partial charge in [-0.25, -0.2) is 0 Å². The first-order valence-corrected chi connectivity index (χ1v) is 12.3. The van der Waals surface area contributed by atoms with Crippen LogP contribution in [0.15, 0.2) is 18.3 Å². The van der Waals surface area contributed by atoms with Gasteiger partial charge in [-0.1, -0.05) is 23.2 Å². The van der Waals surface area contributed by atoms with Gasteiger partial charge in [-0.05, 0) is 43.2 Å². The van der Waals surface area contributed by atoms with Gasteiger partial charge in [0.25, 0.3) is 0 Å². The first kappa shape index (κ1) is 24.2. The van der Waals surface area contributed by atoms with Gasteiger partial charge in [0.15, 0.2) is 0 Å². The minimum atomic E-state index is -5.85. The molecule has 0 bridgehead atoms. The van der Waals surface area contributed by atoms with E-state index in [1.807, 2.05) is 18.1 Å². The molecule has 2 atom stereocenters. The lowest BCUT2D eigenvalue weighted by molar-refractivity contribution is -0.133. The summed E-state index contributed by atoms with van der Waals surface area (Å²) in [4.78, 5) is 15.0. The van der Waals surface area contributed by atoms with E-state index >= 15 is 0 Å². The van der Waals surface area contributed by atoms with Crippen molar-refractivity contribution in [2.45, 2.75) is 43.7 Å². The fourth-order valence-electron chi connectivity index (χ4n) is 4.45. The molecule has 1 saturated heterocycles. The molecular weight excluding hydrogens is 506 g/mol. The van der Waals surface area contributed by atoms with Crippen LogP contribution in [0.2, 0.25) is 10.0 Å². The number of carbonyl (C=O) groups is 1. The molecule has 33 heavy (non-hydrogen) atoms. The normalized spacial score (nSPS) is 21.4. The number of hydrogen-bond acceptors (Lipinski definition) is 5. The second-order valence-electron chi connectivity index (χ2n) is 8.24. The largest absolute Gasteiger partial charge is 0.534 e. The quantitative estimate of drug-likeness (QED) is 0.436. The van der Waals surface area contributed by atoms with Crippen molar-refractivity contribution in [3.8, 4) is 5.75 Å². The average molecular weight is 526 g/mol. The van der Waals surface area contributed by atoms with E-state index in [0.29, 0.717) is 18.5 Å². The number of aromatic nitrogens is 2. The van der Waals surface area contributed by atoms with Crippen molar-refractivity contribution < 1.29 is 30.6 Å². The van der Waals surface area contributed by atoms with Crippen molar-refractivity contribution in [2.24, 2.45) is 13.0 Å². The molecule has 7 nitrogen and oxygen atoms in total. The highest BCUT2D eigenvalue weighted by molar-refractivity contribution is 7.88. The molecule has 2 aliphatic rings. The first-order chi connectivity index (χ1) is 15.4. The van der Waals surface area contributed by atoms with Gasteiger partial charge in [0.1, 0.15) is 5.75 Å². The first-order valence-electron chi connectivity index (χ1n) is 10.2. The zero-order valence-corrected chi connectivity index (χ0v) is 19.7. The fraction of sp³-hybridized carbons (Fsp3) is 0.500. The van der Waals surface area contributed by atoms with Gasteiger partial charge in [-0.3, -0.25) is 9.48 Å². The van der Waals surface area contributed by atoms with Crippen LogP contribution in [0.4, 0.5) is 13.2 Å². The molecule has 0 saturated carbocycles. The van der Waals surface area contributed by atoms with Crippen LogP contribution < -0.4 is 4.18 Å². The predicted octanol–water partition coefficient (Wildman–Crippen LogP) is 3.90. The summed E-state index contributed by atoms with van der Waals surface area (Å²) in [6.07, 6.45) is 5.11. The highest BCUT2D eigenvalue weighted by Gasteiger charge is 2.48. The lowest BCUT2D eigenvalue weighted by atomic mass is 9.92. The van der Waals surface area contributed by atoms with Gasteiger partial charge >= 0.3 is 15.6 Å². The van der Waals surface area contributed by atoms with Crippen molar-refractivity contribution in [1.29, 1.82) is 0 Å². The molecule has 1 fully saturated rings. The van der Waals surface area contributed by atoms with E-state index in [0.717, 1.165) is 42.7 Å². The number of hydrogen-bond donors (Lipinski definition) is 0. The van der Waals surface area contributed by atoms with E-state index in [2.05, 4.69) is 9.28 Å². The van der Waals surface area contributed by atoms with Crippen LogP contribution in [-0.2, 0) is 41.2 Å². The highest BCUT2D eigenvalue weighted by atomic mass is 35.5. The summed E-state index contributed by atoms with van der Waals surface area (Å²) < 4.78 is 66.0. The number of likely N-dealkylation sites (tertiary alicyclic amines) is 1. The Bertz CT molecular complexity index is 1180. The minimum absolute atomic E-state index is 0.0283. The second kappa shape index (κ2) is 8.66. The molecule has 4 rings (SSSR count). The minimum Gasteiger partial charge on any atom is -0.376 e. The number of amides is 1. The topological polar surface area (TPSA) is 81.5 Å². The molecule has 1 aromatic heterocycles. The molecule has 0 N–H and O–H groups in total. The van der Waals surface area contributed by atoms with E-state index in [1.54, 1.807) is 4.68 Å². The third-order valence-electron chi connectivity index (χ3n) is 6.01. The Labute approximate surface area is 198 Å². The number of benzene rings is 1. The van der Waals surface area contributed by atoms with Gasteiger partial charge in [0.2, 0.25) is 5.91 Å². The molecule has 1 unspecified atom stereocenters. The Kier molecular flexibility index (Phi) is 6.34. The summed E-state index contributed by atoms with van der Waals surface area (Å²) in [7, 11) is -3.98. The Balaban J connectivity index is 1.46. The summed E-state index contributed by atoms with van der Waals surface area (Å²) in [5.41, 5.74) is -3.03. The molecule has 1 aromatic carbocycles. The van der Waals surface area contributed by atoms with Crippen molar-refractivity contribution in [3.05, 3.63) is 45.2 Å². The van der Waals surface area contributed by atoms with E-state index in [4.69, 9.17) is 23.2 Å². The van der Waals surface area contributed by atoms with E-state index < -0.39 is 21.4 Å². The maximum atomic E-state index is 13.1. The van der Waals surface area contributed by atoms with Crippen molar-refractivity contribution >= 4 is 39.2 Å². The van der Waals surface area contributed by atoms with E-state index in [-0.39, 0.29) is 34.3 Å². The summed E-state index contributed by atoms with van der Waals surface area (Å²) in [6, 6.07) is 1.98. The van der Waals surface area contributed by atoms with Crippen LogP contribution in [0.3, 0.4) is 0 Å². The Morgan fingerprint density at radius 3 is 2.52 bits per heavy atom. The number of alkyl halides is 3. The standard InChI is InChI=1S/C20H20Cl2F3N3O4S/c1-27-10-12-6-13(2-3-18(12)26-27)28-5-4-11(19(28)29)7-15-16(21)8-14(9-17(15)22)32-33(30,31)20(23,24)25/h8-11,13H,2-7H2,1H3/t11-,13?/m0/s1. The van der Waals surface area contributed by atoms with Gasteiger partial charge in [-0.15, -0.1) is 0 Å². The zero-order chi connectivity index (χ0) is 24.1. The molecule has 2 aromatic rings. The summed E-state index contributed by atoms with van der Waals surface area (Å²) in [5.74, 6) is -1.07. The monoisotopic (exact) mass is 525 g/mol. The Hall–Kier alpha value is -1.98. The van der Waals surface area contributed by atoms with E-state index in [1.165, 1.54) is 0 Å². The van der Waals surface area contributed by atoms with E-state index in [9.17, 15) is 26.4 Å². The van der Waals surface area contributed by atoms with Crippen LogP contribution in [-0.4, -0.2) is 47.1 Å². The van der Waals surface area contributed by atoms with Crippen LogP contribution in [0.1, 0.15) is 29.7 Å². The van der Waals surface area contributed by atoms with Gasteiger partial charge in [0.05, 0.1) is 5.69 Å². The lowest BCUT2D eigenvalue weighted by Crippen LogP contribution is -2.41. The van der Waals surface area contributed by atoms with Gasteiger partial charge in [-0.2, -0.15) is 26.7 Å². The summed E-state index contributed by atoms with van der Waals surface area (Å²) in [5, 5.41) is 4.30. The predicted molar refractivity (Wildman–Crippen MR) is 115 cm³/mol. The van der Waals surface area contributed by atoms with Crippen LogP contribution in [0.5, 0.6) is 5.75 Å². The third-order valence-corrected chi connectivity index (χ3v) is 7.66. The summed E-state index contributed by atoms with van der Waals surface area (Å²) >= 11 is 12.3. The van der Waals surface area contributed by atoms with Gasteiger partial charge in [0, 0.05) is 53.9 Å². The molecule has 1 amide bonds. The number of carbonyl (C=O) groups excluding carboxylic acids is 1. The molecular formula is C20H20Cl2F3N3O4S. The average Bonchev–Trinajstić information content (AvgIpc) is 3.24. The van der Waals surface area contributed by atoms with Crippen molar-refractivity contribution in [2.75, 3.05) is 6.54 Å². The highest BCUT2D eigenvalue weighted by Crippen LogP contribution is 2.37. The number of halogens is 5. The van der Waals surface area contributed by atoms with Crippen LogP contribution >= 0.6 is 23.2 Å². The third kappa shape index (κ3) is 4.81. The van der Waals surface area contributed by atoms with Crippen LogP contribution in [0, 0.1) is 5.92 Å². The molecule has 13 heteroatoms. The molecule has 0 radical (unpaired) electrons. The maximum Gasteiger partial charge on any atom is 0.534 e.